The van der Waals surface area contributed by atoms with Gasteiger partial charge in [-0.05, 0) is 25.1 Å². The summed E-state index contributed by atoms with van der Waals surface area (Å²) in [5.41, 5.74) is 5.46. The maximum absolute atomic E-state index is 12.3. The lowest BCUT2D eigenvalue weighted by Crippen LogP contribution is -2.26. The number of carbonyl (C=O) groups excluding carboxylic acids is 2. The van der Waals surface area contributed by atoms with Crippen molar-refractivity contribution in [3.63, 3.8) is 0 Å². The Morgan fingerprint density at radius 1 is 0.833 bits per heavy atom. The third-order valence-corrected chi connectivity index (χ3v) is 4.32. The molecular weight excluding hydrogens is 380 g/mol. The van der Waals surface area contributed by atoms with E-state index in [4.69, 9.17) is 9.47 Å². The van der Waals surface area contributed by atoms with Crippen LogP contribution in [0.25, 0.3) is 0 Å². The van der Waals surface area contributed by atoms with Crippen molar-refractivity contribution in [2.24, 2.45) is 5.10 Å². The van der Waals surface area contributed by atoms with E-state index < -0.39 is 5.91 Å². The van der Waals surface area contributed by atoms with Crippen LogP contribution in [0.4, 0.5) is 0 Å². The van der Waals surface area contributed by atoms with E-state index in [0.717, 1.165) is 11.1 Å². The third kappa shape index (κ3) is 5.32. The molecule has 0 unspecified atom stereocenters. The topological polar surface area (TPSA) is 77.0 Å². The maximum atomic E-state index is 12.3. The van der Waals surface area contributed by atoms with Gasteiger partial charge in [-0.3, -0.25) is 9.59 Å². The number of ketones is 1. The van der Waals surface area contributed by atoms with E-state index in [-0.39, 0.29) is 12.4 Å². The molecule has 0 aliphatic carbocycles. The Hall–Kier alpha value is -3.93. The van der Waals surface area contributed by atoms with E-state index in [1.165, 1.54) is 14.0 Å². The number of methoxy groups -OCH3 is 1. The molecule has 152 valence electrons. The second-order valence-corrected chi connectivity index (χ2v) is 6.44. The van der Waals surface area contributed by atoms with Gasteiger partial charge in [0.2, 0.25) is 0 Å². The van der Waals surface area contributed by atoms with Gasteiger partial charge in [-0.1, -0.05) is 60.7 Å². The van der Waals surface area contributed by atoms with Crippen LogP contribution in [0.5, 0.6) is 11.5 Å². The summed E-state index contributed by atoms with van der Waals surface area (Å²) >= 11 is 0. The van der Waals surface area contributed by atoms with Crippen LogP contribution in [0, 0.1) is 0 Å². The van der Waals surface area contributed by atoms with Gasteiger partial charge in [0.1, 0.15) is 0 Å². The second kappa shape index (κ2) is 10.0. The Balaban J connectivity index is 1.72. The third-order valence-electron chi connectivity index (χ3n) is 4.32. The minimum absolute atomic E-state index is 0.0821. The summed E-state index contributed by atoms with van der Waals surface area (Å²) < 4.78 is 10.8. The molecule has 1 amide bonds. The summed E-state index contributed by atoms with van der Waals surface area (Å²) in [6, 6.07) is 24.0. The molecule has 0 aliphatic rings. The Morgan fingerprint density at radius 3 is 1.97 bits per heavy atom. The van der Waals surface area contributed by atoms with Crippen molar-refractivity contribution in [1.29, 1.82) is 0 Å². The van der Waals surface area contributed by atoms with Crippen molar-refractivity contribution in [3.8, 4) is 11.5 Å². The van der Waals surface area contributed by atoms with E-state index in [9.17, 15) is 9.59 Å². The normalized spacial score (nSPS) is 10.1. The lowest BCUT2D eigenvalue weighted by Gasteiger charge is -2.11. The first-order chi connectivity index (χ1) is 14.6. The number of nitrogens with zero attached hydrogens (tertiary/aromatic N) is 1. The molecule has 0 radical (unpaired) electrons. The largest absolute Gasteiger partial charge is 0.493 e. The van der Waals surface area contributed by atoms with Gasteiger partial charge >= 0.3 is 0 Å². The van der Waals surface area contributed by atoms with Crippen LogP contribution in [0.1, 0.15) is 28.4 Å². The molecular formula is C24H22N2O4. The summed E-state index contributed by atoms with van der Waals surface area (Å²) in [5, 5.41) is 4.32. The van der Waals surface area contributed by atoms with Crippen molar-refractivity contribution >= 4 is 17.4 Å². The molecule has 0 aliphatic heterocycles. The standard InChI is InChI=1S/C24H22N2O4/c1-17(27)20-13-14-21(22(15-20)29-2)30-16-23(28)25-26-24(18-9-5-3-6-10-18)19-11-7-4-8-12-19/h3-15H,16H2,1-2H3,(H,25,28). The summed E-state index contributed by atoms with van der Waals surface area (Å²) in [6.07, 6.45) is 0. The number of carbonyl (C=O) groups is 2. The van der Waals surface area contributed by atoms with Gasteiger partial charge in [-0.15, -0.1) is 0 Å². The van der Waals surface area contributed by atoms with Gasteiger partial charge in [-0.25, -0.2) is 5.43 Å². The number of rotatable bonds is 8. The molecule has 0 saturated heterocycles. The second-order valence-electron chi connectivity index (χ2n) is 6.44. The Morgan fingerprint density at radius 2 is 1.43 bits per heavy atom. The Kier molecular flexibility index (Phi) is 6.95. The van der Waals surface area contributed by atoms with Crippen LogP contribution in [0.2, 0.25) is 0 Å². The molecule has 3 aromatic rings. The quantitative estimate of drug-likeness (QED) is 0.353. The smallest absolute Gasteiger partial charge is 0.277 e. The highest BCUT2D eigenvalue weighted by atomic mass is 16.5. The molecule has 6 nitrogen and oxygen atoms in total. The van der Waals surface area contributed by atoms with E-state index >= 15 is 0 Å². The van der Waals surface area contributed by atoms with Crippen molar-refractivity contribution in [1.82, 2.24) is 5.43 Å². The number of hydrogen-bond acceptors (Lipinski definition) is 5. The lowest BCUT2D eigenvalue weighted by atomic mass is 10.0. The number of Topliss-reactive ketones (excluding diaryl/α,β-unsaturated/α-hetero) is 1. The first-order valence-corrected chi connectivity index (χ1v) is 9.37. The van der Waals surface area contributed by atoms with Crippen LogP contribution in [-0.4, -0.2) is 31.1 Å². The average Bonchev–Trinajstić information content (AvgIpc) is 2.79. The number of amides is 1. The predicted molar refractivity (Wildman–Crippen MR) is 115 cm³/mol. The van der Waals surface area contributed by atoms with Gasteiger partial charge < -0.3 is 9.47 Å². The maximum Gasteiger partial charge on any atom is 0.277 e. The van der Waals surface area contributed by atoms with Crippen LogP contribution < -0.4 is 14.9 Å². The fraction of sp³-hybridized carbons (Fsp3) is 0.125. The summed E-state index contributed by atoms with van der Waals surface area (Å²) in [6.45, 7) is 1.22. The zero-order chi connectivity index (χ0) is 21.3. The summed E-state index contributed by atoms with van der Waals surface area (Å²) in [5.74, 6) is 0.250. The minimum Gasteiger partial charge on any atom is -0.493 e. The number of benzene rings is 3. The van der Waals surface area contributed by atoms with Gasteiger partial charge in [0.25, 0.3) is 5.91 Å². The molecule has 0 heterocycles. The van der Waals surface area contributed by atoms with Gasteiger partial charge in [0, 0.05) is 16.7 Å². The summed E-state index contributed by atoms with van der Waals surface area (Å²) in [7, 11) is 1.47. The molecule has 1 N–H and O–H groups in total. The lowest BCUT2D eigenvalue weighted by molar-refractivity contribution is -0.123. The molecule has 0 aromatic heterocycles. The molecule has 3 rings (SSSR count). The summed E-state index contributed by atoms with van der Waals surface area (Å²) in [4.78, 5) is 23.8. The zero-order valence-corrected chi connectivity index (χ0v) is 16.8. The highest BCUT2D eigenvalue weighted by Crippen LogP contribution is 2.28. The molecule has 0 spiro atoms. The highest BCUT2D eigenvalue weighted by Gasteiger charge is 2.11. The Labute approximate surface area is 175 Å². The van der Waals surface area contributed by atoms with Gasteiger partial charge in [0.15, 0.2) is 23.9 Å². The number of ether oxygens (including phenoxy) is 2. The number of hydrazone groups is 1. The van der Waals surface area contributed by atoms with Crippen molar-refractivity contribution < 1.29 is 19.1 Å². The zero-order valence-electron chi connectivity index (χ0n) is 16.8. The van der Waals surface area contributed by atoms with Crippen molar-refractivity contribution in [2.75, 3.05) is 13.7 Å². The Bertz CT molecular complexity index is 1010. The molecule has 6 heteroatoms. The SMILES string of the molecule is COc1cc(C(C)=O)ccc1OCC(=O)NN=C(c1ccccc1)c1ccccc1. The van der Waals surface area contributed by atoms with Crippen LogP contribution in [0.3, 0.4) is 0 Å². The molecule has 0 saturated carbocycles. The monoisotopic (exact) mass is 402 g/mol. The first-order valence-electron chi connectivity index (χ1n) is 9.37. The predicted octanol–water partition coefficient (Wildman–Crippen LogP) is 3.85. The van der Waals surface area contributed by atoms with Crippen molar-refractivity contribution in [3.05, 3.63) is 95.6 Å². The van der Waals surface area contributed by atoms with Crippen molar-refractivity contribution in [2.45, 2.75) is 6.92 Å². The number of hydrogen-bond donors (Lipinski definition) is 1. The molecule has 3 aromatic carbocycles. The molecule has 0 bridgehead atoms. The fourth-order valence-electron chi connectivity index (χ4n) is 2.79. The van der Waals surface area contributed by atoms with E-state index in [1.54, 1.807) is 18.2 Å². The average molecular weight is 402 g/mol. The fourth-order valence-corrected chi connectivity index (χ4v) is 2.79. The van der Waals surface area contributed by atoms with E-state index in [1.807, 2.05) is 60.7 Å². The molecule has 30 heavy (non-hydrogen) atoms. The number of nitrogens with one attached hydrogen (secondary N) is 1. The van der Waals surface area contributed by atoms with Crippen LogP contribution >= 0.6 is 0 Å². The van der Waals surface area contributed by atoms with Gasteiger partial charge in [-0.2, -0.15) is 5.10 Å². The highest BCUT2D eigenvalue weighted by molar-refractivity contribution is 6.13. The van der Waals surface area contributed by atoms with Crippen LogP contribution in [-0.2, 0) is 4.79 Å². The first kappa shape index (κ1) is 20.8. The minimum atomic E-state index is -0.419. The van der Waals surface area contributed by atoms with E-state index in [0.29, 0.717) is 22.8 Å². The van der Waals surface area contributed by atoms with Gasteiger partial charge in [0.05, 0.1) is 12.8 Å². The van der Waals surface area contributed by atoms with E-state index in [2.05, 4.69) is 10.5 Å². The molecule has 0 atom stereocenters. The molecule has 0 fully saturated rings. The van der Waals surface area contributed by atoms with Crippen LogP contribution in [0.15, 0.2) is 84.0 Å².